The molecular formula is C17H17NO3. The number of hydrogen-bond donors (Lipinski definition) is 2. The van der Waals surface area contributed by atoms with Gasteiger partial charge in [0.2, 0.25) is 5.91 Å². The molecular weight excluding hydrogens is 266 g/mol. The summed E-state index contributed by atoms with van der Waals surface area (Å²) in [6, 6.07) is 12.8. The highest BCUT2D eigenvalue weighted by atomic mass is 16.5. The monoisotopic (exact) mass is 283 g/mol. The number of aromatic hydroxyl groups is 1. The number of benzene rings is 2. The summed E-state index contributed by atoms with van der Waals surface area (Å²) in [4.78, 5) is 12.3. The Morgan fingerprint density at radius 1 is 1.29 bits per heavy atom. The maximum atomic E-state index is 12.3. The molecule has 1 unspecified atom stereocenters. The SMILES string of the molecule is Cc1cc(NC(=O)C2COc3ccccc3C2)ccc1O. The molecule has 0 spiro atoms. The fourth-order valence-electron chi connectivity index (χ4n) is 2.47. The number of aryl methyl sites for hydroxylation is 1. The van der Waals surface area contributed by atoms with E-state index in [1.165, 1.54) is 0 Å². The van der Waals surface area contributed by atoms with Crippen LogP contribution in [0.1, 0.15) is 11.1 Å². The molecule has 108 valence electrons. The van der Waals surface area contributed by atoms with Crippen molar-refractivity contribution >= 4 is 11.6 Å². The first-order chi connectivity index (χ1) is 10.1. The van der Waals surface area contributed by atoms with Gasteiger partial charge in [-0.2, -0.15) is 0 Å². The van der Waals surface area contributed by atoms with E-state index in [4.69, 9.17) is 4.74 Å². The van der Waals surface area contributed by atoms with E-state index in [0.717, 1.165) is 16.9 Å². The highest BCUT2D eigenvalue weighted by molar-refractivity contribution is 5.93. The molecule has 0 saturated carbocycles. The van der Waals surface area contributed by atoms with Crippen LogP contribution in [0.5, 0.6) is 11.5 Å². The molecule has 0 saturated heterocycles. The summed E-state index contributed by atoms with van der Waals surface area (Å²) in [7, 11) is 0. The van der Waals surface area contributed by atoms with Gasteiger partial charge >= 0.3 is 0 Å². The van der Waals surface area contributed by atoms with E-state index in [1.807, 2.05) is 24.3 Å². The van der Waals surface area contributed by atoms with Crippen molar-refractivity contribution < 1.29 is 14.6 Å². The maximum absolute atomic E-state index is 12.3. The van der Waals surface area contributed by atoms with Gasteiger partial charge in [-0.3, -0.25) is 4.79 Å². The molecule has 1 aliphatic heterocycles. The third-order valence-corrected chi connectivity index (χ3v) is 3.71. The molecule has 0 fully saturated rings. The Morgan fingerprint density at radius 2 is 2.10 bits per heavy atom. The van der Waals surface area contributed by atoms with Gasteiger partial charge in [0.1, 0.15) is 18.1 Å². The largest absolute Gasteiger partial charge is 0.508 e. The minimum absolute atomic E-state index is 0.0606. The summed E-state index contributed by atoms with van der Waals surface area (Å²) in [6.45, 7) is 2.19. The number of fused-ring (bicyclic) bond motifs is 1. The van der Waals surface area contributed by atoms with Crippen LogP contribution in [0.2, 0.25) is 0 Å². The minimum Gasteiger partial charge on any atom is -0.508 e. The van der Waals surface area contributed by atoms with E-state index in [0.29, 0.717) is 18.7 Å². The lowest BCUT2D eigenvalue weighted by Gasteiger charge is -2.24. The molecule has 1 amide bonds. The van der Waals surface area contributed by atoms with Crippen LogP contribution in [0, 0.1) is 12.8 Å². The number of rotatable bonds is 2. The smallest absolute Gasteiger partial charge is 0.231 e. The van der Waals surface area contributed by atoms with Gasteiger partial charge in [-0.25, -0.2) is 0 Å². The standard InChI is InChI=1S/C17H17NO3/c1-11-8-14(6-7-15(11)19)18-17(20)13-9-12-4-2-3-5-16(12)21-10-13/h2-8,13,19H,9-10H2,1H3,(H,18,20). The van der Waals surface area contributed by atoms with Crippen molar-refractivity contribution in [1.82, 2.24) is 0 Å². The van der Waals surface area contributed by atoms with Crippen molar-refractivity contribution in [2.45, 2.75) is 13.3 Å². The third-order valence-electron chi connectivity index (χ3n) is 3.71. The topological polar surface area (TPSA) is 58.6 Å². The Hall–Kier alpha value is -2.49. The van der Waals surface area contributed by atoms with E-state index >= 15 is 0 Å². The molecule has 1 aliphatic rings. The number of nitrogens with one attached hydrogen (secondary N) is 1. The molecule has 0 aromatic heterocycles. The number of amides is 1. The molecule has 2 aromatic rings. The van der Waals surface area contributed by atoms with Gasteiger partial charge in [0.15, 0.2) is 0 Å². The number of phenolic OH excluding ortho intramolecular Hbond substituents is 1. The minimum atomic E-state index is -0.200. The third kappa shape index (κ3) is 2.84. The number of phenols is 1. The molecule has 0 bridgehead atoms. The van der Waals surface area contributed by atoms with Gasteiger partial charge < -0.3 is 15.2 Å². The van der Waals surface area contributed by atoms with Crippen LogP contribution in [0.15, 0.2) is 42.5 Å². The van der Waals surface area contributed by atoms with Crippen LogP contribution in [-0.2, 0) is 11.2 Å². The first-order valence-corrected chi connectivity index (χ1v) is 6.94. The zero-order valence-electron chi connectivity index (χ0n) is 11.8. The second-order valence-corrected chi connectivity index (χ2v) is 5.31. The van der Waals surface area contributed by atoms with Gasteiger partial charge in [0.25, 0.3) is 0 Å². The number of para-hydroxylation sites is 1. The Balaban J connectivity index is 1.70. The zero-order valence-corrected chi connectivity index (χ0v) is 11.8. The summed E-state index contributed by atoms with van der Waals surface area (Å²) < 4.78 is 5.64. The van der Waals surface area contributed by atoms with E-state index < -0.39 is 0 Å². The number of hydrogen-bond acceptors (Lipinski definition) is 3. The average molecular weight is 283 g/mol. The van der Waals surface area contributed by atoms with Crippen molar-refractivity contribution in [3.8, 4) is 11.5 Å². The molecule has 3 rings (SSSR count). The van der Waals surface area contributed by atoms with Crippen LogP contribution < -0.4 is 10.1 Å². The van der Waals surface area contributed by atoms with Crippen LogP contribution in [-0.4, -0.2) is 17.6 Å². The van der Waals surface area contributed by atoms with Gasteiger partial charge in [-0.1, -0.05) is 18.2 Å². The summed E-state index contributed by atoms with van der Waals surface area (Å²) in [5, 5.41) is 12.4. The van der Waals surface area contributed by atoms with E-state index in [9.17, 15) is 9.90 Å². The van der Waals surface area contributed by atoms with Crippen molar-refractivity contribution in [3.63, 3.8) is 0 Å². The normalized spacial score (nSPS) is 16.7. The van der Waals surface area contributed by atoms with Crippen LogP contribution in [0.25, 0.3) is 0 Å². The van der Waals surface area contributed by atoms with E-state index in [2.05, 4.69) is 5.32 Å². The second-order valence-electron chi connectivity index (χ2n) is 5.31. The van der Waals surface area contributed by atoms with Crippen molar-refractivity contribution in [1.29, 1.82) is 0 Å². The summed E-state index contributed by atoms with van der Waals surface area (Å²) in [5.41, 5.74) is 2.48. The fraction of sp³-hybridized carbons (Fsp3) is 0.235. The summed E-state index contributed by atoms with van der Waals surface area (Å²) in [5.74, 6) is 0.827. The molecule has 2 N–H and O–H groups in total. The maximum Gasteiger partial charge on any atom is 0.231 e. The van der Waals surface area contributed by atoms with Crippen molar-refractivity contribution in [2.24, 2.45) is 5.92 Å². The number of carbonyl (C=O) groups excluding carboxylic acids is 1. The Kier molecular flexibility index (Phi) is 3.52. The Bertz CT molecular complexity index is 681. The van der Waals surface area contributed by atoms with Crippen LogP contribution in [0.3, 0.4) is 0 Å². The van der Waals surface area contributed by atoms with E-state index in [1.54, 1.807) is 25.1 Å². The van der Waals surface area contributed by atoms with Crippen LogP contribution in [0.4, 0.5) is 5.69 Å². The van der Waals surface area contributed by atoms with Gasteiger partial charge in [-0.05, 0) is 48.7 Å². The molecule has 2 aromatic carbocycles. The van der Waals surface area contributed by atoms with Gasteiger partial charge in [0.05, 0.1) is 5.92 Å². The lowest BCUT2D eigenvalue weighted by Crippen LogP contribution is -2.32. The Morgan fingerprint density at radius 3 is 2.90 bits per heavy atom. The first-order valence-electron chi connectivity index (χ1n) is 6.94. The lowest BCUT2D eigenvalue weighted by atomic mass is 9.96. The quantitative estimate of drug-likeness (QED) is 0.833. The van der Waals surface area contributed by atoms with Gasteiger partial charge in [-0.15, -0.1) is 0 Å². The highest BCUT2D eigenvalue weighted by Crippen LogP contribution is 2.28. The summed E-state index contributed by atoms with van der Waals surface area (Å²) >= 11 is 0. The van der Waals surface area contributed by atoms with E-state index in [-0.39, 0.29) is 17.6 Å². The number of anilines is 1. The molecule has 21 heavy (non-hydrogen) atoms. The predicted molar refractivity (Wildman–Crippen MR) is 80.6 cm³/mol. The average Bonchev–Trinajstić information content (AvgIpc) is 2.50. The molecule has 4 heteroatoms. The highest BCUT2D eigenvalue weighted by Gasteiger charge is 2.25. The molecule has 1 heterocycles. The lowest BCUT2D eigenvalue weighted by molar-refractivity contribution is -0.121. The molecule has 0 radical (unpaired) electrons. The van der Waals surface area contributed by atoms with Crippen molar-refractivity contribution in [2.75, 3.05) is 11.9 Å². The second kappa shape index (κ2) is 5.48. The molecule has 4 nitrogen and oxygen atoms in total. The van der Waals surface area contributed by atoms with Gasteiger partial charge in [0, 0.05) is 5.69 Å². The molecule has 1 atom stereocenters. The number of carbonyl (C=O) groups is 1. The number of ether oxygens (including phenoxy) is 1. The summed E-state index contributed by atoms with van der Waals surface area (Å²) in [6.07, 6.45) is 0.680. The zero-order chi connectivity index (χ0) is 14.8. The Labute approximate surface area is 123 Å². The van der Waals surface area contributed by atoms with Crippen molar-refractivity contribution in [3.05, 3.63) is 53.6 Å². The van der Waals surface area contributed by atoms with Crippen LogP contribution >= 0.6 is 0 Å². The first kappa shape index (κ1) is 13.5. The predicted octanol–water partition coefficient (Wildman–Crippen LogP) is 2.89. The molecule has 0 aliphatic carbocycles. The fourth-order valence-corrected chi connectivity index (χ4v) is 2.47.